The summed E-state index contributed by atoms with van der Waals surface area (Å²) in [6.07, 6.45) is -2.51. The summed E-state index contributed by atoms with van der Waals surface area (Å²) in [5.74, 6) is -0.826. The molecule has 0 aliphatic carbocycles. The second-order valence-corrected chi connectivity index (χ2v) is 3.23. The van der Waals surface area contributed by atoms with Gasteiger partial charge in [-0.05, 0) is 24.3 Å². The van der Waals surface area contributed by atoms with Crippen LogP contribution in [-0.2, 0) is 4.74 Å². The van der Waals surface area contributed by atoms with Gasteiger partial charge >= 0.3 is 0 Å². The molecule has 1 N–H and O–H groups in total. The first-order valence-corrected chi connectivity index (χ1v) is 4.99. The SMILES string of the molecule is O=C(NCCOCC(F)F)c1ccc(F)cc1. The fraction of sp³-hybridized carbons (Fsp3) is 0.364. The summed E-state index contributed by atoms with van der Waals surface area (Å²) < 4.78 is 40.5. The highest BCUT2D eigenvalue weighted by Crippen LogP contribution is 2.02. The van der Waals surface area contributed by atoms with Crippen molar-refractivity contribution in [2.75, 3.05) is 19.8 Å². The molecule has 0 fully saturated rings. The third kappa shape index (κ3) is 5.35. The minimum atomic E-state index is -2.51. The van der Waals surface area contributed by atoms with E-state index >= 15 is 0 Å². The lowest BCUT2D eigenvalue weighted by atomic mass is 10.2. The van der Waals surface area contributed by atoms with E-state index in [4.69, 9.17) is 0 Å². The molecule has 0 aliphatic heterocycles. The largest absolute Gasteiger partial charge is 0.374 e. The highest BCUT2D eigenvalue weighted by Gasteiger charge is 2.05. The smallest absolute Gasteiger partial charge is 0.261 e. The Bertz CT molecular complexity index is 354. The van der Waals surface area contributed by atoms with Crippen LogP contribution in [0.25, 0.3) is 0 Å². The number of nitrogens with one attached hydrogen (secondary N) is 1. The van der Waals surface area contributed by atoms with Crippen molar-refractivity contribution >= 4 is 5.91 Å². The summed E-state index contributed by atoms with van der Waals surface area (Å²) in [7, 11) is 0. The van der Waals surface area contributed by atoms with E-state index in [9.17, 15) is 18.0 Å². The molecule has 1 amide bonds. The van der Waals surface area contributed by atoms with Crippen LogP contribution in [0.3, 0.4) is 0 Å². The highest BCUT2D eigenvalue weighted by atomic mass is 19.3. The molecule has 0 radical (unpaired) electrons. The minimum Gasteiger partial charge on any atom is -0.374 e. The Morgan fingerprint density at radius 2 is 1.94 bits per heavy atom. The number of rotatable bonds is 6. The van der Waals surface area contributed by atoms with Crippen LogP contribution in [0.15, 0.2) is 24.3 Å². The van der Waals surface area contributed by atoms with E-state index in [2.05, 4.69) is 10.1 Å². The van der Waals surface area contributed by atoms with Crippen molar-refractivity contribution in [2.24, 2.45) is 0 Å². The lowest BCUT2D eigenvalue weighted by molar-refractivity contribution is 0.0188. The molecule has 0 saturated heterocycles. The molecule has 1 rings (SSSR count). The van der Waals surface area contributed by atoms with Gasteiger partial charge in [0.05, 0.1) is 6.61 Å². The number of benzene rings is 1. The molecule has 6 heteroatoms. The zero-order valence-electron chi connectivity index (χ0n) is 8.96. The van der Waals surface area contributed by atoms with Crippen molar-refractivity contribution in [3.8, 4) is 0 Å². The molecule has 0 heterocycles. The first-order chi connectivity index (χ1) is 8.09. The maximum Gasteiger partial charge on any atom is 0.261 e. The van der Waals surface area contributed by atoms with E-state index in [0.29, 0.717) is 5.56 Å². The molecule has 3 nitrogen and oxygen atoms in total. The van der Waals surface area contributed by atoms with Crippen molar-refractivity contribution in [3.05, 3.63) is 35.6 Å². The van der Waals surface area contributed by atoms with E-state index in [0.717, 1.165) is 0 Å². The summed E-state index contributed by atoms with van der Waals surface area (Å²) in [6.45, 7) is -0.507. The van der Waals surface area contributed by atoms with Crippen LogP contribution >= 0.6 is 0 Å². The number of alkyl halides is 2. The van der Waals surface area contributed by atoms with Gasteiger partial charge in [-0.2, -0.15) is 0 Å². The molecular weight excluding hydrogens is 235 g/mol. The van der Waals surface area contributed by atoms with Gasteiger partial charge in [-0.25, -0.2) is 13.2 Å². The normalized spacial score (nSPS) is 10.6. The number of halogens is 3. The van der Waals surface area contributed by atoms with Gasteiger partial charge in [0.1, 0.15) is 12.4 Å². The van der Waals surface area contributed by atoms with Crippen LogP contribution in [0.4, 0.5) is 13.2 Å². The molecule has 0 spiro atoms. The molecule has 0 unspecified atom stereocenters. The number of ether oxygens (including phenoxy) is 1. The molecule has 0 atom stereocenters. The fourth-order valence-corrected chi connectivity index (χ4v) is 1.11. The number of hydrogen-bond donors (Lipinski definition) is 1. The Kier molecular flexibility index (Phi) is 5.48. The molecule has 0 bridgehead atoms. The van der Waals surface area contributed by atoms with Gasteiger partial charge in [0.2, 0.25) is 0 Å². The number of carbonyl (C=O) groups is 1. The monoisotopic (exact) mass is 247 g/mol. The van der Waals surface area contributed by atoms with Crippen molar-refractivity contribution in [1.82, 2.24) is 5.32 Å². The van der Waals surface area contributed by atoms with Crippen LogP contribution in [0, 0.1) is 5.82 Å². The Labute approximate surface area is 96.6 Å². The second-order valence-electron chi connectivity index (χ2n) is 3.23. The molecule has 0 aliphatic rings. The maximum atomic E-state index is 12.6. The lowest BCUT2D eigenvalue weighted by Crippen LogP contribution is -2.27. The molecule has 0 aromatic heterocycles. The lowest BCUT2D eigenvalue weighted by Gasteiger charge is -2.06. The number of carbonyl (C=O) groups excluding carboxylic acids is 1. The van der Waals surface area contributed by atoms with Crippen LogP contribution in [0.2, 0.25) is 0 Å². The summed E-state index contributed by atoms with van der Waals surface area (Å²) in [5.41, 5.74) is 0.306. The van der Waals surface area contributed by atoms with E-state index in [1.165, 1.54) is 24.3 Å². The third-order valence-electron chi connectivity index (χ3n) is 1.88. The number of hydrogen-bond acceptors (Lipinski definition) is 2. The van der Waals surface area contributed by atoms with Crippen LogP contribution in [-0.4, -0.2) is 32.1 Å². The van der Waals surface area contributed by atoms with E-state index in [1.807, 2.05) is 0 Å². The Hall–Kier alpha value is -1.56. The molecule has 17 heavy (non-hydrogen) atoms. The molecule has 1 aromatic rings. The summed E-state index contributed by atoms with van der Waals surface area (Å²) in [6, 6.07) is 5.01. The first-order valence-electron chi connectivity index (χ1n) is 4.99. The first kappa shape index (κ1) is 13.5. The van der Waals surface area contributed by atoms with E-state index in [-0.39, 0.29) is 13.2 Å². The third-order valence-corrected chi connectivity index (χ3v) is 1.88. The van der Waals surface area contributed by atoms with Crippen LogP contribution in [0.1, 0.15) is 10.4 Å². The topological polar surface area (TPSA) is 38.3 Å². The molecule has 0 saturated carbocycles. The van der Waals surface area contributed by atoms with Gasteiger partial charge in [-0.3, -0.25) is 4.79 Å². The van der Waals surface area contributed by atoms with Gasteiger partial charge in [-0.1, -0.05) is 0 Å². The van der Waals surface area contributed by atoms with Gasteiger partial charge in [-0.15, -0.1) is 0 Å². The van der Waals surface area contributed by atoms with Gasteiger partial charge in [0, 0.05) is 12.1 Å². The van der Waals surface area contributed by atoms with Crippen LogP contribution < -0.4 is 5.32 Å². The fourth-order valence-electron chi connectivity index (χ4n) is 1.11. The van der Waals surface area contributed by atoms with Gasteiger partial charge < -0.3 is 10.1 Å². The average molecular weight is 247 g/mol. The van der Waals surface area contributed by atoms with Crippen LogP contribution in [0.5, 0.6) is 0 Å². The number of amides is 1. The zero-order valence-corrected chi connectivity index (χ0v) is 8.96. The van der Waals surface area contributed by atoms with Crippen molar-refractivity contribution in [2.45, 2.75) is 6.43 Å². The van der Waals surface area contributed by atoms with E-state index in [1.54, 1.807) is 0 Å². The predicted octanol–water partition coefficient (Wildman–Crippen LogP) is 1.84. The summed E-state index contributed by atoms with van der Waals surface area (Å²) in [5, 5.41) is 2.46. The predicted molar refractivity (Wildman–Crippen MR) is 55.6 cm³/mol. The van der Waals surface area contributed by atoms with E-state index < -0.39 is 24.8 Å². The maximum absolute atomic E-state index is 12.6. The Morgan fingerprint density at radius 1 is 1.29 bits per heavy atom. The second kappa shape index (κ2) is 6.90. The standard InChI is InChI=1S/C11H12F3NO2/c12-9-3-1-8(2-4-9)11(16)15-5-6-17-7-10(13)14/h1-4,10H,5-7H2,(H,15,16). The van der Waals surface area contributed by atoms with Gasteiger partial charge in [0.15, 0.2) is 0 Å². The zero-order chi connectivity index (χ0) is 12.7. The molecular formula is C11H12F3NO2. The molecule has 1 aromatic carbocycles. The van der Waals surface area contributed by atoms with Gasteiger partial charge in [0.25, 0.3) is 12.3 Å². The summed E-state index contributed by atoms with van der Waals surface area (Å²) >= 11 is 0. The quantitative estimate of drug-likeness (QED) is 0.779. The Morgan fingerprint density at radius 3 is 2.53 bits per heavy atom. The summed E-state index contributed by atoms with van der Waals surface area (Å²) in [4.78, 5) is 11.4. The van der Waals surface area contributed by atoms with Crippen molar-refractivity contribution in [3.63, 3.8) is 0 Å². The average Bonchev–Trinajstić information content (AvgIpc) is 2.29. The highest BCUT2D eigenvalue weighted by molar-refractivity contribution is 5.94. The molecule has 94 valence electrons. The van der Waals surface area contributed by atoms with Crippen molar-refractivity contribution in [1.29, 1.82) is 0 Å². The Balaban J connectivity index is 2.23. The minimum absolute atomic E-state index is 0.0112. The van der Waals surface area contributed by atoms with Crippen molar-refractivity contribution < 1.29 is 22.7 Å².